The molecule has 1 N–H and O–H groups in total. The van der Waals surface area contributed by atoms with Gasteiger partial charge >= 0.3 is 0 Å². The van der Waals surface area contributed by atoms with Gasteiger partial charge in [0.05, 0.1) is 10.2 Å². The fourth-order valence-electron chi connectivity index (χ4n) is 3.54. The summed E-state index contributed by atoms with van der Waals surface area (Å²) in [6.07, 6.45) is 1.70. The number of ether oxygens (including phenoxy) is 1. The van der Waals surface area contributed by atoms with Crippen LogP contribution in [0.4, 0.5) is 10.1 Å². The van der Waals surface area contributed by atoms with Gasteiger partial charge in [0.1, 0.15) is 5.75 Å². The van der Waals surface area contributed by atoms with Gasteiger partial charge in [-0.15, -0.1) is 11.3 Å². The van der Waals surface area contributed by atoms with Crippen LogP contribution in [0.5, 0.6) is 11.5 Å². The van der Waals surface area contributed by atoms with E-state index in [2.05, 4.69) is 45.5 Å². The van der Waals surface area contributed by atoms with E-state index >= 15 is 0 Å². The number of aromatic nitrogens is 1. The molecule has 0 spiro atoms. The summed E-state index contributed by atoms with van der Waals surface area (Å²) in [6.45, 7) is 4.11. The van der Waals surface area contributed by atoms with Crippen LogP contribution in [-0.4, -0.2) is 31.2 Å². The highest BCUT2D eigenvalue weighted by Crippen LogP contribution is 2.39. The quantitative estimate of drug-likeness (QED) is 0.500. The highest BCUT2D eigenvalue weighted by molar-refractivity contribution is 7.22. The Hall–Kier alpha value is -2.96. The van der Waals surface area contributed by atoms with E-state index in [1.165, 1.54) is 11.8 Å². The van der Waals surface area contributed by atoms with Crippen molar-refractivity contribution in [2.45, 2.75) is 0 Å². The molecule has 1 aliphatic rings. The average molecular weight is 405 g/mol. The Kier molecular flexibility index (Phi) is 4.87. The van der Waals surface area contributed by atoms with Crippen LogP contribution in [0.25, 0.3) is 20.7 Å². The first kappa shape index (κ1) is 18.1. The van der Waals surface area contributed by atoms with Gasteiger partial charge < -0.3 is 15.0 Å². The van der Waals surface area contributed by atoms with Crippen molar-refractivity contribution < 1.29 is 9.13 Å². The number of pyridine rings is 1. The second kappa shape index (κ2) is 7.81. The van der Waals surface area contributed by atoms with E-state index in [1.54, 1.807) is 41.8 Å². The lowest BCUT2D eigenvalue weighted by Crippen LogP contribution is -2.43. The summed E-state index contributed by atoms with van der Waals surface area (Å²) in [5.74, 6) is 0.460. The van der Waals surface area contributed by atoms with Crippen LogP contribution in [0.2, 0.25) is 0 Å². The van der Waals surface area contributed by atoms with E-state index in [1.807, 2.05) is 0 Å². The van der Waals surface area contributed by atoms with E-state index < -0.39 is 0 Å². The third-order valence-corrected chi connectivity index (χ3v) is 6.25. The van der Waals surface area contributed by atoms with Crippen molar-refractivity contribution in [1.29, 1.82) is 0 Å². The number of hydrogen-bond donors (Lipinski definition) is 1. The number of thiophene rings is 1. The Morgan fingerprint density at radius 3 is 2.55 bits per heavy atom. The molecule has 1 fully saturated rings. The molecule has 0 unspecified atom stereocenters. The number of nitrogens with one attached hydrogen (secondary N) is 1. The molecule has 6 heteroatoms. The summed E-state index contributed by atoms with van der Waals surface area (Å²) in [4.78, 5) is 7.98. The first-order chi connectivity index (χ1) is 14.3. The molecular formula is C23H20FN3OS. The molecule has 0 saturated carbocycles. The molecule has 0 bridgehead atoms. The predicted molar refractivity (Wildman–Crippen MR) is 117 cm³/mol. The highest BCUT2D eigenvalue weighted by Gasteiger charge is 2.14. The molecular weight excluding hydrogens is 385 g/mol. The summed E-state index contributed by atoms with van der Waals surface area (Å²) < 4.78 is 20.8. The Balaban J connectivity index is 1.45. The zero-order chi connectivity index (χ0) is 19.6. The summed E-state index contributed by atoms with van der Waals surface area (Å²) in [5, 5.41) is 3.38. The Morgan fingerprint density at radius 2 is 1.76 bits per heavy atom. The molecule has 146 valence electrons. The van der Waals surface area contributed by atoms with Crippen molar-refractivity contribution in [1.82, 2.24) is 10.3 Å². The minimum atomic E-state index is -0.377. The van der Waals surface area contributed by atoms with Gasteiger partial charge in [0.2, 0.25) is 0 Å². The van der Waals surface area contributed by atoms with Gasteiger partial charge in [0.25, 0.3) is 0 Å². The van der Waals surface area contributed by atoms with Crippen LogP contribution in [0.15, 0.2) is 66.9 Å². The van der Waals surface area contributed by atoms with Gasteiger partial charge in [-0.1, -0.05) is 24.3 Å². The van der Waals surface area contributed by atoms with Crippen molar-refractivity contribution in [2.75, 3.05) is 31.1 Å². The lowest BCUT2D eigenvalue weighted by molar-refractivity contribution is 0.447. The van der Waals surface area contributed by atoms with Crippen molar-refractivity contribution in [3.05, 3.63) is 72.7 Å². The number of rotatable bonds is 4. The van der Waals surface area contributed by atoms with Crippen LogP contribution in [-0.2, 0) is 0 Å². The second-order valence-electron chi connectivity index (χ2n) is 6.95. The smallest absolute Gasteiger partial charge is 0.165 e. The molecule has 1 saturated heterocycles. The van der Waals surface area contributed by atoms with E-state index in [4.69, 9.17) is 4.74 Å². The SMILES string of the molecule is Fc1ccccc1Oc1ccnc2cc(-c3ccc(N4CCNCC4)cc3)sc12. The Bertz CT molecular complexity index is 1140. The van der Waals surface area contributed by atoms with Crippen molar-refractivity contribution in [3.63, 3.8) is 0 Å². The number of piperazine rings is 1. The zero-order valence-electron chi connectivity index (χ0n) is 15.8. The first-order valence-electron chi connectivity index (χ1n) is 9.65. The average Bonchev–Trinajstić information content (AvgIpc) is 3.22. The maximum Gasteiger partial charge on any atom is 0.165 e. The summed E-state index contributed by atoms with van der Waals surface area (Å²) in [7, 11) is 0. The lowest BCUT2D eigenvalue weighted by Gasteiger charge is -2.29. The molecule has 0 atom stereocenters. The van der Waals surface area contributed by atoms with Gasteiger partial charge in [-0.3, -0.25) is 4.98 Å². The monoisotopic (exact) mass is 405 g/mol. The molecule has 2 aromatic heterocycles. The number of anilines is 1. The molecule has 4 nitrogen and oxygen atoms in total. The molecule has 0 radical (unpaired) electrons. The minimum absolute atomic E-state index is 0.218. The maximum atomic E-state index is 14.0. The van der Waals surface area contributed by atoms with Crippen LogP contribution < -0.4 is 15.0 Å². The highest BCUT2D eigenvalue weighted by atomic mass is 32.1. The minimum Gasteiger partial charge on any atom is -0.453 e. The van der Waals surface area contributed by atoms with Crippen molar-refractivity contribution >= 4 is 27.2 Å². The topological polar surface area (TPSA) is 37.4 Å². The van der Waals surface area contributed by atoms with Crippen LogP contribution >= 0.6 is 11.3 Å². The number of hydrogen-bond acceptors (Lipinski definition) is 5. The Labute approximate surface area is 172 Å². The molecule has 2 aromatic carbocycles. The molecule has 3 heterocycles. The van der Waals surface area contributed by atoms with E-state index in [0.717, 1.165) is 46.8 Å². The second-order valence-corrected chi connectivity index (χ2v) is 8.00. The fraction of sp³-hybridized carbons (Fsp3) is 0.174. The number of para-hydroxylation sites is 1. The van der Waals surface area contributed by atoms with Gasteiger partial charge in [-0.05, 0) is 35.9 Å². The van der Waals surface area contributed by atoms with Gasteiger partial charge in [0.15, 0.2) is 11.6 Å². The number of benzene rings is 2. The van der Waals surface area contributed by atoms with Crippen LogP contribution in [0, 0.1) is 5.82 Å². The lowest BCUT2D eigenvalue weighted by atomic mass is 10.1. The van der Waals surface area contributed by atoms with Crippen LogP contribution in [0.1, 0.15) is 0 Å². The predicted octanol–water partition coefficient (Wildman–Crippen LogP) is 5.30. The number of nitrogens with zero attached hydrogens (tertiary/aromatic N) is 2. The largest absolute Gasteiger partial charge is 0.453 e. The molecule has 4 aromatic rings. The molecule has 0 aliphatic carbocycles. The molecule has 29 heavy (non-hydrogen) atoms. The maximum absolute atomic E-state index is 14.0. The summed E-state index contributed by atoms with van der Waals surface area (Å²) in [5.41, 5.74) is 3.24. The van der Waals surface area contributed by atoms with Crippen molar-refractivity contribution in [2.24, 2.45) is 0 Å². The third kappa shape index (κ3) is 3.69. The first-order valence-corrected chi connectivity index (χ1v) is 10.5. The van der Waals surface area contributed by atoms with E-state index in [9.17, 15) is 4.39 Å². The number of fused-ring (bicyclic) bond motifs is 1. The van der Waals surface area contributed by atoms with Crippen LogP contribution in [0.3, 0.4) is 0 Å². The normalized spacial score (nSPS) is 14.3. The van der Waals surface area contributed by atoms with E-state index in [0.29, 0.717) is 5.75 Å². The van der Waals surface area contributed by atoms with Gasteiger partial charge in [0, 0.05) is 49.0 Å². The zero-order valence-corrected chi connectivity index (χ0v) is 16.6. The molecule has 1 aliphatic heterocycles. The van der Waals surface area contributed by atoms with Crippen molar-refractivity contribution in [3.8, 4) is 21.9 Å². The number of halogens is 1. The van der Waals surface area contributed by atoms with Gasteiger partial charge in [-0.2, -0.15) is 0 Å². The van der Waals surface area contributed by atoms with Gasteiger partial charge in [-0.25, -0.2) is 4.39 Å². The third-order valence-electron chi connectivity index (χ3n) is 5.07. The molecule has 0 amide bonds. The standard InChI is InChI=1S/C23H20FN3OS/c24-18-3-1-2-4-20(18)28-21-9-10-26-19-15-22(29-23(19)21)16-5-7-17(8-6-16)27-13-11-25-12-14-27/h1-10,15,25H,11-14H2. The molecule has 5 rings (SSSR count). The fourth-order valence-corrected chi connectivity index (χ4v) is 4.61. The summed E-state index contributed by atoms with van der Waals surface area (Å²) in [6, 6.07) is 18.9. The van der Waals surface area contributed by atoms with E-state index in [-0.39, 0.29) is 11.6 Å². The summed E-state index contributed by atoms with van der Waals surface area (Å²) >= 11 is 1.61. The Morgan fingerprint density at radius 1 is 0.966 bits per heavy atom.